The summed E-state index contributed by atoms with van der Waals surface area (Å²) in [4.78, 5) is 14.6. The maximum absolute atomic E-state index is 10.2. The van der Waals surface area contributed by atoms with E-state index in [1.54, 1.807) is 0 Å². The van der Waals surface area contributed by atoms with E-state index in [4.69, 9.17) is 4.74 Å². The van der Waals surface area contributed by atoms with E-state index in [-0.39, 0.29) is 6.61 Å². The predicted octanol–water partition coefficient (Wildman–Crippen LogP) is -1.74. The Kier molecular flexibility index (Phi) is 4.92. The van der Waals surface area contributed by atoms with Crippen molar-refractivity contribution in [1.82, 2.24) is 19.5 Å². The van der Waals surface area contributed by atoms with E-state index in [9.17, 15) is 20.4 Å². The van der Waals surface area contributed by atoms with Crippen LogP contribution < -0.4 is 4.90 Å². The minimum Gasteiger partial charge on any atom is -0.395 e. The van der Waals surface area contributed by atoms with Crippen molar-refractivity contribution >= 4 is 17.0 Å². The van der Waals surface area contributed by atoms with E-state index in [1.807, 2.05) is 11.8 Å². The van der Waals surface area contributed by atoms with Crippen molar-refractivity contribution < 1.29 is 25.2 Å². The molecule has 0 radical (unpaired) electrons. The summed E-state index contributed by atoms with van der Waals surface area (Å²) in [5.41, 5.74) is 0.941. The Morgan fingerprint density at radius 1 is 1.21 bits per heavy atom. The molecule has 10 nitrogen and oxygen atoms in total. The molecule has 4 atom stereocenters. The van der Waals surface area contributed by atoms with Gasteiger partial charge in [-0.25, -0.2) is 15.0 Å². The molecule has 0 amide bonds. The number of aliphatic hydroxyl groups excluding tert-OH is 4. The van der Waals surface area contributed by atoms with Gasteiger partial charge in [-0.3, -0.25) is 4.57 Å². The summed E-state index contributed by atoms with van der Waals surface area (Å²) in [5.74, 6) is 0.571. The Morgan fingerprint density at radius 3 is 2.62 bits per heavy atom. The van der Waals surface area contributed by atoms with Gasteiger partial charge in [-0.15, -0.1) is 0 Å². The molecule has 1 saturated heterocycles. The number of anilines is 1. The molecule has 4 N–H and O–H groups in total. The van der Waals surface area contributed by atoms with Crippen LogP contribution in [0.2, 0.25) is 0 Å². The lowest BCUT2D eigenvalue weighted by Crippen LogP contribution is -2.33. The molecule has 2 unspecified atom stereocenters. The number of hydrogen-bond donors (Lipinski definition) is 4. The Morgan fingerprint density at radius 2 is 2.00 bits per heavy atom. The van der Waals surface area contributed by atoms with Crippen LogP contribution in [0.25, 0.3) is 11.2 Å². The largest absolute Gasteiger partial charge is 0.395 e. The van der Waals surface area contributed by atoms with E-state index < -0.39 is 31.1 Å². The van der Waals surface area contributed by atoms with Crippen molar-refractivity contribution in [3.63, 3.8) is 0 Å². The van der Waals surface area contributed by atoms with E-state index in [1.165, 1.54) is 17.2 Å². The summed E-state index contributed by atoms with van der Waals surface area (Å²) in [6.45, 7) is 2.56. The average Bonchev–Trinajstić information content (AvgIpc) is 3.14. The van der Waals surface area contributed by atoms with Gasteiger partial charge in [0.2, 0.25) is 0 Å². The third-order valence-corrected chi connectivity index (χ3v) is 4.18. The van der Waals surface area contributed by atoms with Crippen LogP contribution in [-0.2, 0) is 4.74 Å². The van der Waals surface area contributed by atoms with Crippen molar-refractivity contribution in [3.05, 3.63) is 12.7 Å². The average molecular weight is 339 g/mol. The molecule has 24 heavy (non-hydrogen) atoms. The number of likely N-dealkylation sites (N-methyl/N-ethyl adjacent to an activating group) is 1. The van der Waals surface area contributed by atoms with E-state index in [2.05, 4.69) is 15.0 Å². The van der Waals surface area contributed by atoms with Crippen LogP contribution in [0.15, 0.2) is 12.7 Å². The fourth-order valence-corrected chi connectivity index (χ4v) is 2.90. The zero-order valence-electron chi connectivity index (χ0n) is 13.2. The smallest absolute Gasteiger partial charge is 0.167 e. The Balaban J connectivity index is 2.00. The number of rotatable bonds is 6. The highest BCUT2D eigenvalue weighted by atomic mass is 16.6. The van der Waals surface area contributed by atoms with Crippen LogP contribution in [0.5, 0.6) is 0 Å². The molecule has 0 aromatic carbocycles. The van der Waals surface area contributed by atoms with Gasteiger partial charge in [0.15, 0.2) is 23.2 Å². The van der Waals surface area contributed by atoms with Gasteiger partial charge in [0.05, 0.1) is 19.5 Å². The van der Waals surface area contributed by atoms with E-state index in [0.29, 0.717) is 30.1 Å². The van der Waals surface area contributed by atoms with E-state index in [0.717, 1.165) is 0 Å². The number of aromatic nitrogens is 4. The molecule has 2 aromatic rings. The molecule has 3 rings (SSSR count). The Labute approximate surface area is 138 Å². The van der Waals surface area contributed by atoms with Gasteiger partial charge in [-0.1, -0.05) is 0 Å². The van der Waals surface area contributed by atoms with Gasteiger partial charge in [0, 0.05) is 13.1 Å². The number of hydrogen-bond acceptors (Lipinski definition) is 9. The molecule has 1 aliphatic heterocycles. The molecule has 1 fully saturated rings. The highest BCUT2D eigenvalue weighted by Gasteiger charge is 2.44. The first-order valence-electron chi connectivity index (χ1n) is 7.78. The molecule has 2 aromatic heterocycles. The van der Waals surface area contributed by atoms with Crippen molar-refractivity contribution in [1.29, 1.82) is 0 Å². The maximum Gasteiger partial charge on any atom is 0.167 e. The fraction of sp³-hybridized carbons (Fsp3) is 0.643. The summed E-state index contributed by atoms with van der Waals surface area (Å²) in [6.07, 6.45) is -1.35. The second-order valence-electron chi connectivity index (χ2n) is 5.55. The molecule has 132 valence electrons. The summed E-state index contributed by atoms with van der Waals surface area (Å²) in [6, 6.07) is 0. The molecule has 0 bridgehead atoms. The zero-order chi connectivity index (χ0) is 17.3. The molecule has 0 saturated carbocycles. The quantitative estimate of drug-likeness (QED) is 0.483. The first-order chi connectivity index (χ1) is 11.6. The summed E-state index contributed by atoms with van der Waals surface area (Å²) >= 11 is 0. The molecule has 10 heteroatoms. The second kappa shape index (κ2) is 6.95. The fourth-order valence-electron chi connectivity index (χ4n) is 2.90. The molecule has 3 heterocycles. The van der Waals surface area contributed by atoms with Crippen LogP contribution >= 0.6 is 0 Å². The summed E-state index contributed by atoms with van der Waals surface area (Å²) in [7, 11) is 0. The summed E-state index contributed by atoms with van der Waals surface area (Å²) < 4.78 is 7.03. The number of nitrogens with zero attached hydrogens (tertiary/aromatic N) is 5. The Bertz CT molecular complexity index is 695. The topological polar surface area (TPSA) is 137 Å². The number of fused-ring (bicyclic) bond motifs is 1. The van der Waals surface area contributed by atoms with Gasteiger partial charge >= 0.3 is 0 Å². The maximum atomic E-state index is 10.2. The summed E-state index contributed by atoms with van der Waals surface area (Å²) in [5, 5.41) is 38.5. The Hall–Kier alpha value is -1.85. The number of imidazole rings is 1. The van der Waals surface area contributed by atoms with Crippen molar-refractivity contribution in [2.45, 2.75) is 31.5 Å². The molecule has 0 aliphatic carbocycles. The van der Waals surface area contributed by atoms with Gasteiger partial charge in [0.25, 0.3) is 0 Å². The minimum atomic E-state index is -1.21. The lowest BCUT2D eigenvalue weighted by Gasteiger charge is -2.21. The van der Waals surface area contributed by atoms with Crippen molar-refractivity contribution in [2.24, 2.45) is 0 Å². The first kappa shape index (κ1) is 17.0. The van der Waals surface area contributed by atoms with Crippen LogP contribution in [0.4, 0.5) is 5.82 Å². The lowest BCUT2D eigenvalue weighted by atomic mass is 10.1. The van der Waals surface area contributed by atoms with Gasteiger partial charge in [0.1, 0.15) is 24.6 Å². The minimum absolute atomic E-state index is 0.0190. The third kappa shape index (κ3) is 2.72. The highest BCUT2D eigenvalue weighted by molar-refractivity contribution is 5.83. The lowest BCUT2D eigenvalue weighted by molar-refractivity contribution is -0.0511. The number of aliphatic hydroxyl groups is 4. The molecular weight excluding hydrogens is 318 g/mol. The van der Waals surface area contributed by atoms with Crippen molar-refractivity contribution in [3.8, 4) is 0 Å². The van der Waals surface area contributed by atoms with Crippen LogP contribution in [0.1, 0.15) is 13.2 Å². The number of ether oxygens (including phenoxy) is 1. The van der Waals surface area contributed by atoms with Gasteiger partial charge in [-0.05, 0) is 6.92 Å². The molecular formula is C14H21N5O5. The predicted molar refractivity (Wildman–Crippen MR) is 83.3 cm³/mol. The first-order valence-corrected chi connectivity index (χ1v) is 7.78. The molecule has 0 spiro atoms. The third-order valence-electron chi connectivity index (χ3n) is 4.18. The SMILES string of the molecule is CCN(CCO)c1ncnc2c1ncn2[C@@H]1O[C@H](CO)C(O)C1O. The van der Waals surface area contributed by atoms with E-state index >= 15 is 0 Å². The van der Waals surface area contributed by atoms with Crippen LogP contribution in [0, 0.1) is 0 Å². The van der Waals surface area contributed by atoms with Crippen molar-refractivity contribution in [2.75, 3.05) is 31.2 Å². The van der Waals surface area contributed by atoms with Gasteiger partial charge < -0.3 is 30.1 Å². The molecule has 1 aliphatic rings. The normalized spacial score (nSPS) is 27.0. The second-order valence-corrected chi connectivity index (χ2v) is 5.55. The highest BCUT2D eigenvalue weighted by Crippen LogP contribution is 2.32. The standard InChI is InChI=1S/C14H21N5O5/c1-2-18(3-4-20)12-9-13(16-6-15-12)19(7-17-9)14-11(23)10(22)8(5-21)24-14/h6-8,10-11,14,20-23H,2-5H2,1H3/t8-,10?,11?,14-/m1/s1. The monoisotopic (exact) mass is 339 g/mol. The van der Waals surface area contributed by atoms with Crippen LogP contribution in [0.3, 0.4) is 0 Å². The van der Waals surface area contributed by atoms with Crippen LogP contribution in [-0.4, -0.2) is 84.6 Å². The zero-order valence-corrected chi connectivity index (χ0v) is 13.2. The van der Waals surface area contributed by atoms with Gasteiger partial charge in [-0.2, -0.15) is 0 Å².